The molecule has 0 radical (unpaired) electrons. The van der Waals surface area contributed by atoms with Crippen molar-refractivity contribution in [1.29, 1.82) is 0 Å². The van der Waals surface area contributed by atoms with Crippen LogP contribution in [-0.4, -0.2) is 4.92 Å². The summed E-state index contributed by atoms with van der Waals surface area (Å²) in [4.78, 5) is 10.2. The van der Waals surface area contributed by atoms with Gasteiger partial charge in [0.1, 0.15) is 17.4 Å². The second kappa shape index (κ2) is 5.98. The van der Waals surface area contributed by atoms with Gasteiger partial charge < -0.3 is 10.5 Å². The van der Waals surface area contributed by atoms with Crippen LogP contribution in [0.4, 0.5) is 11.4 Å². The molecule has 0 spiro atoms. The Morgan fingerprint density at radius 2 is 2.00 bits per heavy atom. The lowest BCUT2D eigenvalue weighted by Gasteiger charge is -2.10. The van der Waals surface area contributed by atoms with E-state index in [-0.39, 0.29) is 17.3 Å². The van der Waals surface area contributed by atoms with E-state index >= 15 is 0 Å². The molecule has 2 N–H and O–H groups in total. The Hall–Kier alpha value is -1.98. The van der Waals surface area contributed by atoms with Crippen molar-refractivity contribution in [3.05, 3.63) is 62.1 Å². The molecule has 0 fully saturated rings. The fraction of sp³-hybridized carbons (Fsp3) is 0.0769. The number of non-ortho nitro benzene ring substituents is 1. The highest BCUT2D eigenvalue weighted by Crippen LogP contribution is 2.32. The number of nitro benzene ring substituents is 1. The number of ether oxygens (including phenoxy) is 1. The van der Waals surface area contributed by atoms with E-state index in [1.165, 1.54) is 18.2 Å². The molecule has 20 heavy (non-hydrogen) atoms. The first kappa shape index (κ1) is 14.4. The van der Waals surface area contributed by atoms with E-state index in [0.717, 1.165) is 0 Å². The summed E-state index contributed by atoms with van der Waals surface area (Å²) in [6.45, 7) is 0.0631. The third-order valence-corrected chi connectivity index (χ3v) is 3.44. The second-order valence-electron chi connectivity index (χ2n) is 3.98. The van der Waals surface area contributed by atoms with Crippen molar-refractivity contribution in [2.24, 2.45) is 0 Å². The zero-order chi connectivity index (χ0) is 14.7. The van der Waals surface area contributed by atoms with Gasteiger partial charge in [0.15, 0.2) is 0 Å². The highest BCUT2D eigenvalue weighted by molar-refractivity contribution is 6.42. The fourth-order valence-electron chi connectivity index (χ4n) is 1.58. The summed E-state index contributed by atoms with van der Waals surface area (Å²) in [5.41, 5.74) is 6.63. The molecule has 0 aliphatic carbocycles. The molecule has 0 atom stereocenters. The van der Waals surface area contributed by atoms with Crippen molar-refractivity contribution < 1.29 is 9.66 Å². The Balaban J connectivity index is 2.20. The maximum Gasteiger partial charge on any atom is 0.269 e. The summed E-state index contributed by atoms with van der Waals surface area (Å²) in [5, 5.41) is 11.4. The number of nitrogens with two attached hydrogens (primary N) is 1. The molecule has 7 heteroatoms. The van der Waals surface area contributed by atoms with Gasteiger partial charge in [-0.15, -0.1) is 0 Å². The molecule has 0 heterocycles. The van der Waals surface area contributed by atoms with Gasteiger partial charge in [0.2, 0.25) is 0 Å². The third kappa shape index (κ3) is 3.12. The zero-order valence-electron chi connectivity index (χ0n) is 10.2. The Labute approximate surface area is 125 Å². The van der Waals surface area contributed by atoms with Gasteiger partial charge >= 0.3 is 0 Å². The SMILES string of the molecule is Nc1ccc([N+](=O)[O-])cc1COc1cccc(Cl)c1Cl. The lowest BCUT2D eigenvalue weighted by atomic mass is 10.1. The van der Waals surface area contributed by atoms with Gasteiger partial charge in [0.25, 0.3) is 5.69 Å². The molecular formula is C13H10Cl2N2O3. The van der Waals surface area contributed by atoms with Crippen molar-refractivity contribution in [2.75, 3.05) is 5.73 Å². The largest absolute Gasteiger partial charge is 0.487 e. The lowest BCUT2D eigenvalue weighted by Crippen LogP contribution is -2.02. The molecule has 0 bridgehead atoms. The number of hydrogen-bond donors (Lipinski definition) is 1. The van der Waals surface area contributed by atoms with Crippen LogP contribution in [0, 0.1) is 10.1 Å². The minimum absolute atomic E-state index is 0.0463. The van der Waals surface area contributed by atoms with Gasteiger partial charge in [-0.25, -0.2) is 0 Å². The third-order valence-electron chi connectivity index (χ3n) is 2.64. The standard InChI is InChI=1S/C13H10Cl2N2O3/c14-10-2-1-3-12(13(10)15)20-7-8-6-9(17(18)19)4-5-11(8)16/h1-6H,7,16H2. The normalized spacial score (nSPS) is 10.3. The summed E-state index contributed by atoms with van der Waals surface area (Å²) in [5.74, 6) is 0.394. The summed E-state index contributed by atoms with van der Waals surface area (Å²) >= 11 is 11.9. The van der Waals surface area contributed by atoms with Gasteiger partial charge in [-0.05, 0) is 18.2 Å². The van der Waals surface area contributed by atoms with Crippen LogP contribution in [0.25, 0.3) is 0 Å². The Bertz CT molecular complexity index is 662. The Morgan fingerprint density at radius 3 is 2.70 bits per heavy atom. The molecule has 2 aromatic rings. The summed E-state index contributed by atoms with van der Waals surface area (Å²) in [6, 6.07) is 9.16. The lowest BCUT2D eigenvalue weighted by molar-refractivity contribution is -0.384. The van der Waals surface area contributed by atoms with E-state index in [1.807, 2.05) is 0 Å². The number of nitrogen functional groups attached to an aromatic ring is 1. The smallest absolute Gasteiger partial charge is 0.269 e. The molecule has 0 aliphatic rings. The van der Waals surface area contributed by atoms with E-state index in [1.54, 1.807) is 18.2 Å². The molecule has 0 amide bonds. The first-order chi connectivity index (χ1) is 9.49. The Morgan fingerprint density at radius 1 is 1.25 bits per heavy atom. The number of nitrogens with zero attached hydrogens (tertiary/aromatic N) is 1. The average molecular weight is 313 g/mol. The fourth-order valence-corrected chi connectivity index (χ4v) is 1.93. The van der Waals surface area contributed by atoms with E-state index in [2.05, 4.69) is 0 Å². The molecular weight excluding hydrogens is 303 g/mol. The number of benzene rings is 2. The van der Waals surface area contributed by atoms with Crippen molar-refractivity contribution in [3.63, 3.8) is 0 Å². The molecule has 2 rings (SSSR count). The molecule has 5 nitrogen and oxygen atoms in total. The predicted octanol–water partition coefficient (Wildman–Crippen LogP) is 4.06. The van der Waals surface area contributed by atoms with E-state index < -0.39 is 4.92 Å². The first-order valence-corrected chi connectivity index (χ1v) is 6.34. The van der Waals surface area contributed by atoms with Gasteiger partial charge in [0.05, 0.1) is 9.95 Å². The van der Waals surface area contributed by atoms with Gasteiger partial charge in [-0.3, -0.25) is 10.1 Å². The van der Waals surface area contributed by atoms with E-state index in [4.69, 9.17) is 33.7 Å². The van der Waals surface area contributed by atoms with Crippen LogP contribution >= 0.6 is 23.2 Å². The maximum absolute atomic E-state index is 10.7. The molecule has 0 saturated heterocycles. The number of rotatable bonds is 4. The minimum Gasteiger partial charge on any atom is -0.487 e. The number of anilines is 1. The molecule has 0 aliphatic heterocycles. The minimum atomic E-state index is -0.491. The van der Waals surface area contributed by atoms with Crippen molar-refractivity contribution >= 4 is 34.6 Å². The van der Waals surface area contributed by atoms with Crippen LogP contribution < -0.4 is 10.5 Å². The van der Waals surface area contributed by atoms with Crippen LogP contribution in [0.3, 0.4) is 0 Å². The number of hydrogen-bond acceptors (Lipinski definition) is 4. The zero-order valence-corrected chi connectivity index (χ0v) is 11.7. The first-order valence-electron chi connectivity index (χ1n) is 5.58. The van der Waals surface area contributed by atoms with Crippen LogP contribution in [0.2, 0.25) is 10.0 Å². The topological polar surface area (TPSA) is 78.4 Å². The van der Waals surface area contributed by atoms with Crippen molar-refractivity contribution in [1.82, 2.24) is 0 Å². The van der Waals surface area contributed by atoms with Crippen LogP contribution in [0.5, 0.6) is 5.75 Å². The molecule has 2 aromatic carbocycles. The molecule has 0 unspecified atom stereocenters. The van der Waals surface area contributed by atoms with Crippen LogP contribution in [-0.2, 0) is 6.61 Å². The molecule has 0 aromatic heterocycles. The van der Waals surface area contributed by atoms with Crippen molar-refractivity contribution in [2.45, 2.75) is 6.61 Å². The summed E-state index contributed by atoms with van der Waals surface area (Å²) < 4.78 is 5.50. The summed E-state index contributed by atoms with van der Waals surface area (Å²) in [7, 11) is 0. The van der Waals surface area contributed by atoms with Crippen molar-refractivity contribution in [3.8, 4) is 5.75 Å². The van der Waals surface area contributed by atoms with Crippen LogP contribution in [0.1, 0.15) is 5.56 Å². The monoisotopic (exact) mass is 312 g/mol. The van der Waals surface area contributed by atoms with Crippen LogP contribution in [0.15, 0.2) is 36.4 Å². The van der Waals surface area contributed by atoms with Gasteiger partial charge in [-0.2, -0.15) is 0 Å². The van der Waals surface area contributed by atoms with Gasteiger partial charge in [-0.1, -0.05) is 29.3 Å². The van der Waals surface area contributed by atoms with E-state index in [9.17, 15) is 10.1 Å². The molecule has 104 valence electrons. The highest BCUT2D eigenvalue weighted by Gasteiger charge is 2.11. The Kier molecular flexibility index (Phi) is 4.32. The maximum atomic E-state index is 10.7. The number of nitro groups is 1. The predicted molar refractivity (Wildman–Crippen MR) is 78.3 cm³/mol. The highest BCUT2D eigenvalue weighted by atomic mass is 35.5. The second-order valence-corrected chi connectivity index (χ2v) is 4.77. The summed E-state index contributed by atoms with van der Waals surface area (Å²) in [6.07, 6.45) is 0. The number of halogens is 2. The quantitative estimate of drug-likeness (QED) is 0.524. The van der Waals surface area contributed by atoms with Gasteiger partial charge in [0, 0.05) is 23.4 Å². The average Bonchev–Trinajstić information content (AvgIpc) is 2.41. The van der Waals surface area contributed by atoms with E-state index in [0.29, 0.717) is 22.0 Å². The molecule has 0 saturated carbocycles.